The fourth-order valence-corrected chi connectivity index (χ4v) is 3.33. The van der Waals surface area contributed by atoms with Gasteiger partial charge >= 0.3 is 6.18 Å². The van der Waals surface area contributed by atoms with Crippen molar-refractivity contribution in [1.82, 2.24) is 14.5 Å². The minimum absolute atomic E-state index is 0.211. The first-order chi connectivity index (χ1) is 11.8. The average molecular weight is 355 g/mol. The standard InChI is InChI=1S/C18H24F3N3O/c1-12-17-15(18(19,20)21)11-24(7-4-8-25-3)16(17)9-13(22-12)10-23(2)14-5-6-14/h9,11,14H,4-8,10H2,1-3H3. The molecular formula is C18H24F3N3O. The van der Waals surface area contributed by atoms with E-state index in [4.69, 9.17) is 4.74 Å². The van der Waals surface area contributed by atoms with Gasteiger partial charge in [0.15, 0.2) is 0 Å². The SMILES string of the molecule is COCCCn1cc(C(F)(F)F)c2c(C)nc(CN(C)C3CC3)cc21. The third kappa shape index (κ3) is 3.98. The molecule has 1 aliphatic carbocycles. The molecule has 0 saturated heterocycles. The summed E-state index contributed by atoms with van der Waals surface area (Å²) in [6.07, 6.45) is -0.143. The summed E-state index contributed by atoms with van der Waals surface area (Å²) < 4.78 is 47.1. The van der Waals surface area contributed by atoms with Gasteiger partial charge in [-0.3, -0.25) is 9.88 Å². The maximum atomic E-state index is 13.5. The number of rotatable bonds is 7. The van der Waals surface area contributed by atoms with Crippen LogP contribution in [0.2, 0.25) is 0 Å². The van der Waals surface area contributed by atoms with E-state index in [9.17, 15) is 13.2 Å². The van der Waals surface area contributed by atoms with Crippen molar-refractivity contribution in [2.24, 2.45) is 0 Å². The van der Waals surface area contributed by atoms with Gasteiger partial charge in [0.25, 0.3) is 0 Å². The lowest BCUT2D eigenvalue weighted by molar-refractivity contribution is -0.136. The molecule has 0 bridgehead atoms. The van der Waals surface area contributed by atoms with Crippen molar-refractivity contribution in [1.29, 1.82) is 0 Å². The Balaban J connectivity index is 2.01. The Morgan fingerprint density at radius 2 is 2.08 bits per heavy atom. The molecule has 0 radical (unpaired) electrons. The van der Waals surface area contributed by atoms with Gasteiger partial charge in [-0.05, 0) is 39.3 Å². The van der Waals surface area contributed by atoms with Gasteiger partial charge in [-0.25, -0.2) is 0 Å². The van der Waals surface area contributed by atoms with Crippen molar-refractivity contribution in [3.05, 3.63) is 29.2 Å². The summed E-state index contributed by atoms with van der Waals surface area (Å²) in [5.74, 6) is 0. The quantitative estimate of drug-likeness (QED) is 0.704. The Kier molecular flexibility index (Phi) is 5.06. The van der Waals surface area contributed by atoms with Crippen molar-refractivity contribution in [3.8, 4) is 0 Å². The summed E-state index contributed by atoms with van der Waals surface area (Å²) in [7, 11) is 3.63. The zero-order valence-corrected chi connectivity index (χ0v) is 14.9. The Morgan fingerprint density at radius 1 is 1.36 bits per heavy atom. The molecule has 0 aliphatic heterocycles. The molecule has 2 heterocycles. The third-order valence-electron chi connectivity index (χ3n) is 4.73. The maximum absolute atomic E-state index is 13.5. The molecule has 7 heteroatoms. The maximum Gasteiger partial charge on any atom is 0.418 e. The van der Waals surface area contributed by atoms with E-state index >= 15 is 0 Å². The van der Waals surface area contributed by atoms with Crippen LogP contribution in [0.1, 0.15) is 36.2 Å². The zero-order valence-electron chi connectivity index (χ0n) is 14.9. The molecule has 1 aliphatic rings. The molecule has 0 aromatic carbocycles. The molecule has 3 rings (SSSR count). The normalized spacial score (nSPS) is 15.5. The number of fused-ring (bicyclic) bond motifs is 1. The number of aryl methyl sites for hydroxylation is 2. The van der Waals surface area contributed by atoms with Gasteiger partial charge in [-0.1, -0.05) is 0 Å². The predicted molar refractivity (Wildman–Crippen MR) is 90.5 cm³/mol. The molecule has 2 aromatic heterocycles. The number of hydrogen-bond acceptors (Lipinski definition) is 3. The second-order valence-electron chi connectivity index (χ2n) is 6.82. The Hall–Kier alpha value is -1.60. The van der Waals surface area contributed by atoms with Gasteiger partial charge in [0, 0.05) is 50.1 Å². The fraction of sp³-hybridized carbons (Fsp3) is 0.611. The van der Waals surface area contributed by atoms with E-state index in [2.05, 4.69) is 9.88 Å². The van der Waals surface area contributed by atoms with Crippen LogP contribution in [0.4, 0.5) is 13.2 Å². The molecule has 138 valence electrons. The molecule has 0 amide bonds. The summed E-state index contributed by atoms with van der Waals surface area (Å²) in [4.78, 5) is 6.67. The first-order valence-corrected chi connectivity index (χ1v) is 8.57. The van der Waals surface area contributed by atoms with Crippen LogP contribution in [0.15, 0.2) is 12.3 Å². The molecule has 1 fully saturated rings. The van der Waals surface area contributed by atoms with Gasteiger partial charge in [0.2, 0.25) is 0 Å². The first-order valence-electron chi connectivity index (χ1n) is 8.57. The molecule has 0 unspecified atom stereocenters. The third-order valence-corrected chi connectivity index (χ3v) is 4.73. The monoisotopic (exact) mass is 355 g/mol. The van der Waals surface area contributed by atoms with Crippen molar-refractivity contribution in [2.45, 2.75) is 51.5 Å². The van der Waals surface area contributed by atoms with Crippen molar-refractivity contribution in [3.63, 3.8) is 0 Å². The van der Waals surface area contributed by atoms with Gasteiger partial charge in [-0.2, -0.15) is 13.2 Å². The highest BCUT2D eigenvalue weighted by Gasteiger charge is 2.35. The highest BCUT2D eigenvalue weighted by molar-refractivity contribution is 5.87. The molecular weight excluding hydrogens is 331 g/mol. The number of alkyl halides is 3. The van der Waals surface area contributed by atoms with Crippen LogP contribution >= 0.6 is 0 Å². The number of halogens is 3. The summed E-state index contributed by atoms with van der Waals surface area (Å²) >= 11 is 0. The molecule has 4 nitrogen and oxygen atoms in total. The number of methoxy groups -OCH3 is 1. The van der Waals surface area contributed by atoms with E-state index in [1.54, 1.807) is 18.6 Å². The smallest absolute Gasteiger partial charge is 0.385 e. The van der Waals surface area contributed by atoms with Crippen LogP contribution in [-0.2, 0) is 24.0 Å². The van der Waals surface area contributed by atoms with Crippen molar-refractivity contribution in [2.75, 3.05) is 20.8 Å². The zero-order chi connectivity index (χ0) is 18.2. The minimum atomic E-state index is -4.39. The van der Waals surface area contributed by atoms with E-state index in [-0.39, 0.29) is 5.39 Å². The van der Waals surface area contributed by atoms with Crippen LogP contribution in [0.25, 0.3) is 10.9 Å². The number of aromatic nitrogens is 2. The minimum Gasteiger partial charge on any atom is -0.385 e. The van der Waals surface area contributed by atoms with Gasteiger partial charge < -0.3 is 9.30 Å². The molecule has 25 heavy (non-hydrogen) atoms. The van der Waals surface area contributed by atoms with Crippen molar-refractivity contribution >= 4 is 10.9 Å². The van der Waals surface area contributed by atoms with Crippen LogP contribution < -0.4 is 0 Å². The molecule has 1 saturated carbocycles. The summed E-state index contributed by atoms with van der Waals surface area (Å²) in [5, 5.41) is 0.211. The second-order valence-corrected chi connectivity index (χ2v) is 6.82. The fourth-order valence-electron chi connectivity index (χ4n) is 3.33. The molecule has 2 aromatic rings. The highest BCUT2D eigenvalue weighted by Crippen LogP contribution is 2.38. The molecule has 0 spiro atoms. The van der Waals surface area contributed by atoms with Crippen LogP contribution in [0.5, 0.6) is 0 Å². The van der Waals surface area contributed by atoms with Gasteiger partial charge in [-0.15, -0.1) is 0 Å². The summed E-state index contributed by atoms with van der Waals surface area (Å²) in [6, 6.07) is 2.39. The van der Waals surface area contributed by atoms with E-state index in [1.165, 1.54) is 19.0 Å². The van der Waals surface area contributed by atoms with E-state index in [1.807, 2.05) is 13.1 Å². The largest absolute Gasteiger partial charge is 0.418 e. The van der Waals surface area contributed by atoms with Crippen molar-refractivity contribution < 1.29 is 17.9 Å². The van der Waals surface area contributed by atoms with Gasteiger partial charge in [0.1, 0.15) is 0 Å². The Morgan fingerprint density at radius 3 is 2.68 bits per heavy atom. The first kappa shape index (κ1) is 18.2. The topological polar surface area (TPSA) is 30.3 Å². The van der Waals surface area contributed by atoms with E-state index in [0.717, 1.165) is 5.69 Å². The lowest BCUT2D eigenvalue weighted by atomic mass is 10.1. The number of nitrogens with zero attached hydrogens (tertiary/aromatic N) is 3. The second kappa shape index (κ2) is 6.96. The lowest BCUT2D eigenvalue weighted by Crippen LogP contribution is -2.20. The number of ether oxygens (including phenoxy) is 1. The summed E-state index contributed by atoms with van der Waals surface area (Å²) in [5.41, 5.74) is 1.26. The molecule has 0 N–H and O–H groups in total. The molecule has 0 atom stereocenters. The van der Waals surface area contributed by atoms with E-state index < -0.39 is 11.7 Å². The lowest BCUT2D eigenvalue weighted by Gasteiger charge is -2.16. The Bertz CT molecular complexity index is 750. The number of pyridine rings is 1. The van der Waals surface area contributed by atoms with Crippen LogP contribution in [0, 0.1) is 6.92 Å². The number of hydrogen-bond donors (Lipinski definition) is 0. The average Bonchev–Trinajstić information content (AvgIpc) is 3.30. The highest BCUT2D eigenvalue weighted by atomic mass is 19.4. The van der Waals surface area contributed by atoms with Crippen LogP contribution in [0.3, 0.4) is 0 Å². The predicted octanol–water partition coefficient (Wildman–Crippen LogP) is 3.99. The van der Waals surface area contributed by atoms with E-state index in [0.29, 0.717) is 43.4 Å². The summed E-state index contributed by atoms with van der Waals surface area (Å²) in [6.45, 7) is 3.33. The Labute approximate surface area is 145 Å². The van der Waals surface area contributed by atoms with Crippen LogP contribution in [-0.4, -0.2) is 41.3 Å². The van der Waals surface area contributed by atoms with Gasteiger partial charge in [0.05, 0.1) is 16.8 Å².